The standard InChI is InChI=1S/C20H24N2O5/c1-27-16-6-4-15(5-7-16)22-10-13(9-17(22)23)18(24)21-11-14-3-2-8-20(14,12-21)19(25)26/h4-7,13-14H,2-3,8-12H2,1H3,(H,25,26)/t13?,14-,20+/m0/s1. The molecule has 2 aliphatic heterocycles. The maximum absolute atomic E-state index is 13.0. The van der Waals surface area contributed by atoms with E-state index in [1.54, 1.807) is 29.0 Å². The third kappa shape index (κ3) is 2.85. The Hall–Kier alpha value is -2.57. The summed E-state index contributed by atoms with van der Waals surface area (Å²) in [4.78, 5) is 40.6. The highest BCUT2D eigenvalue weighted by Crippen LogP contribution is 2.49. The fourth-order valence-corrected chi connectivity index (χ4v) is 4.95. The number of hydrogen-bond acceptors (Lipinski definition) is 4. The van der Waals surface area contributed by atoms with Crippen molar-refractivity contribution in [2.75, 3.05) is 31.6 Å². The van der Waals surface area contributed by atoms with Crippen LogP contribution >= 0.6 is 0 Å². The Balaban J connectivity index is 1.46. The Kier molecular flexibility index (Phi) is 4.32. The van der Waals surface area contributed by atoms with Gasteiger partial charge in [-0.25, -0.2) is 0 Å². The van der Waals surface area contributed by atoms with Crippen molar-refractivity contribution in [2.24, 2.45) is 17.3 Å². The molecule has 3 atom stereocenters. The minimum atomic E-state index is -0.789. The number of methoxy groups -OCH3 is 1. The number of nitrogens with zero attached hydrogens (tertiary/aromatic N) is 2. The highest BCUT2D eigenvalue weighted by molar-refractivity contribution is 6.00. The normalized spacial score (nSPS) is 29.9. The molecule has 144 valence electrons. The summed E-state index contributed by atoms with van der Waals surface area (Å²) in [7, 11) is 1.58. The molecule has 1 aromatic rings. The van der Waals surface area contributed by atoms with E-state index in [0.29, 0.717) is 25.3 Å². The van der Waals surface area contributed by atoms with E-state index in [0.717, 1.165) is 18.5 Å². The summed E-state index contributed by atoms with van der Waals surface area (Å²) >= 11 is 0. The lowest BCUT2D eigenvalue weighted by Crippen LogP contribution is -2.40. The van der Waals surface area contributed by atoms with Crippen molar-refractivity contribution < 1.29 is 24.2 Å². The number of anilines is 1. The lowest BCUT2D eigenvalue weighted by molar-refractivity contribution is -0.149. The van der Waals surface area contributed by atoms with Gasteiger partial charge in [0.2, 0.25) is 11.8 Å². The van der Waals surface area contributed by atoms with Crippen molar-refractivity contribution in [1.29, 1.82) is 0 Å². The van der Waals surface area contributed by atoms with Crippen molar-refractivity contribution in [3.05, 3.63) is 24.3 Å². The Morgan fingerprint density at radius 1 is 1.22 bits per heavy atom. The number of aliphatic carboxylic acids is 1. The van der Waals surface area contributed by atoms with Crippen LogP contribution in [0.25, 0.3) is 0 Å². The van der Waals surface area contributed by atoms with Gasteiger partial charge >= 0.3 is 5.97 Å². The van der Waals surface area contributed by atoms with Gasteiger partial charge in [0.1, 0.15) is 5.75 Å². The summed E-state index contributed by atoms with van der Waals surface area (Å²) in [6.07, 6.45) is 2.58. The first-order valence-corrected chi connectivity index (χ1v) is 9.41. The summed E-state index contributed by atoms with van der Waals surface area (Å²) in [6.45, 7) is 1.11. The number of carbonyl (C=O) groups excluding carboxylic acids is 2. The van der Waals surface area contributed by atoms with Gasteiger partial charge in [-0.05, 0) is 43.0 Å². The molecule has 7 nitrogen and oxygen atoms in total. The molecule has 1 aliphatic carbocycles. The van der Waals surface area contributed by atoms with Gasteiger partial charge < -0.3 is 19.6 Å². The summed E-state index contributed by atoms with van der Waals surface area (Å²) < 4.78 is 5.14. The third-order valence-electron chi connectivity index (χ3n) is 6.47. The molecule has 3 fully saturated rings. The quantitative estimate of drug-likeness (QED) is 0.870. The molecule has 0 radical (unpaired) electrons. The molecular weight excluding hydrogens is 348 g/mol. The number of ether oxygens (including phenoxy) is 1. The van der Waals surface area contributed by atoms with Crippen molar-refractivity contribution >= 4 is 23.5 Å². The molecule has 0 bridgehead atoms. The second kappa shape index (κ2) is 6.55. The average Bonchev–Trinajstić information content (AvgIpc) is 3.33. The van der Waals surface area contributed by atoms with E-state index in [4.69, 9.17) is 4.74 Å². The first-order valence-electron chi connectivity index (χ1n) is 9.41. The molecule has 2 saturated heterocycles. The third-order valence-corrected chi connectivity index (χ3v) is 6.47. The lowest BCUT2D eigenvalue weighted by atomic mass is 9.81. The molecule has 4 rings (SSSR count). The van der Waals surface area contributed by atoms with Gasteiger partial charge in [0.05, 0.1) is 18.4 Å². The molecule has 7 heteroatoms. The van der Waals surface area contributed by atoms with E-state index in [1.807, 2.05) is 12.1 Å². The van der Waals surface area contributed by atoms with Gasteiger partial charge in [-0.2, -0.15) is 0 Å². The van der Waals surface area contributed by atoms with Crippen LogP contribution in [0.5, 0.6) is 5.75 Å². The molecule has 1 unspecified atom stereocenters. The molecule has 2 amide bonds. The number of amides is 2. The number of carbonyl (C=O) groups is 3. The minimum Gasteiger partial charge on any atom is -0.497 e. The maximum atomic E-state index is 13.0. The van der Waals surface area contributed by atoms with Gasteiger partial charge in [-0.1, -0.05) is 6.42 Å². The summed E-state index contributed by atoms with van der Waals surface area (Å²) in [5.74, 6) is -0.624. The zero-order valence-electron chi connectivity index (χ0n) is 15.4. The van der Waals surface area contributed by atoms with Crippen molar-refractivity contribution in [3.63, 3.8) is 0 Å². The number of fused-ring (bicyclic) bond motifs is 1. The van der Waals surface area contributed by atoms with Crippen LogP contribution < -0.4 is 9.64 Å². The van der Waals surface area contributed by atoms with Crippen LogP contribution in [-0.4, -0.2) is 54.5 Å². The number of benzene rings is 1. The lowest BCUT2D eigenvalue weighted by Gasteiger charge is -2.24. The monoisotopic (exact) mass is 372 g/mol. The topological polar surface area (TPSA) is 87.2 Å². The maximum Gasteiger partial charge on any atom is 0.311 e. The molecule has 27 heavy (non-hydrogen) atoms. The van der Waals surface area contributed by atoms with E-state index < -0.39 is 17.3 Å². The van der Waals surface area contributed by atoms with E-state index in [9.17, 15) is 19.5 Å². The molecular formula is C20H24N2O5. The predicted molar refractivity (Wildman–Crippen MR) is 97.4 cm³/mol. The summed E-state index contributed by atoms with van der Waals surface area (Å²) in [5.41, 5.74) is -0.0371. The summed E-state index contributed by atoms with van der Waals surface area (Å²) in [6, 6.07) is 7.19. The van der Waals surface area contributed by atoms with Crippen molar-refractivity contribution in [2.45, 2.75) is 25.7 Å². The van der Waals surface area contributed by atoms with Crippen LogP contribution in [0.2, 0.25) is 0 Å². The van der Waals surface area contributed by atoms with Crippen molar-refractivity contribution in [3.8, 4) is 5.75 Å². The largest absolute Gasteiger partial charge is 0.497 e. The molecule has 1 N–H and O–H groups in total. The number of likely N-dealkylation sites (tertiary alicyclic amines) is 1. The molecule has 1 saturated carbocycles. The number of carboxylic acid groups (broad SMARTS) is 1. The molecule has 3 aliphatic rings. The second-order valence-electron chi connectivity index (χ2n) is 7.87. The van der Waals surface area contributed by atoms with Gasteiger partial charge in [0, 0.05) is 31.7 Å². The van der Waals surface area contributed by atoms with Gasteiger partial charge in [0.15, 0.2) is 0 Å². The van der Waals surface area contributed by atoms with E-state index in [-0.39, 0.29) is 30.7 Å². The summed E-state index contributed by atoms with van der Waals surface area (Å²) in [5, 5.41) is 9.70. The van der Waals surface area contributed by atoms with Crippen LogP contribution in [0.3, 0.4) is 0 Å². The highest BCUT2D eigenvalue weighted by Gasteiger charge is 2.56. The number of carboxylic acids is 1. The van der Waals surface area contributed by atoms with Gasteiger partial charge in [-0.15, -0.1) is 0 Å². The van der Waals surface area contributed by atoms with Crippen LogP contribution in [0.15, 0.2) is 24.3 Å². The fraction of sp³-hybridized carbons (Fsp3) is 0.550. The second-order valence-corrected chi connectivity index (χ2v) is 7.87. The number of rotatable bonds is 4. The average molecular weight is 372 g/mol. The smallest absolute Gasteiger partial charge is 0.311 e. The number of hydrogen-bond donors (Lipinski definition) is 1. The van der Waals surface area contributed by atoms with Gasteiger partial charge in [-0.3, -0.25) is 14.4 Å². The van der Waals surface area contributed by atoms with Crippen molar-refractivity contribution in [1.82, 2.24) is 4.90 Å². The van der Waals surface area contributed by atoms with Crippen LogP contribution in [0.4, 0.5) is 5.69 Å². The molecule has 2 heterocycles. The van der Waals surface area contributed by atoms with Gasteiger partial charge in [0.25, 0.3) is 0 Å². The Morgan fingerprint density at radius 2 is 1.96 bits per heavy atom. The Labute approximate surface area is 157 Å². The fourth-order valence-electron chi connectivity index (χ4n) is 4.95. The first-order chi connectivity index (χ1) is 12.9. The van der Waals surface area contributed by atoms with E-state index in [2.05, 4.69) is 0 Å². The SMILES string of the molecule is COc1ccc(N2CC(C(=O)N3C[C@@H]4CCC[C@@]4(C(=O)O)C3)CC2=O)cc1. The molecule has 1 aromatic carbocycles. The van der Waals surface area contributed by atoms with E-state index >= 15 is 0 Å². The predicted octanol–water partition coefficient (Wildman–Crippen LogP) is 1.76. The van der Waals surface area contributed by atoms with E-state index in [1.165, 1.54) is 0 Å². The highest BCUT2D eigenvalue weighted by atomic mass is 16.5. The minimum absolute atomic E-state index is 0.0359. The zero-order valence-corrected chi connectivity index (χ0v) is 15.4. The van der Waals surface area contributed by atoms with Crippen LogP contribution in [-0.2, 0) is 14.4 Å². The Morgan fingerprint density at radius 3 is 2.59 bits per heavy atom. The van der Waals surface area contributed by atoms with Crippen LogP contribution in [0.1, 0.15) is 25.7 Å². The van der Waals surface area contributed by atoms with Crippen LogP contribution in [0, 0.1) is 17.3 Å². The first kappa shape index (κ1) is 17.8. The molecule has 0 spiro atoms. The zero-order chi connectivity index (χ0) is 19.2. The Bertz CT molecular complexity index is 777. The molecule has 0 aromatic heterocycles.